The first-order valence-electron chi connectivity index (χ1n) is 4.58. The van der Waals surface area contributed by atoms with E-state index in [9.17, 15) is 0 Å². The van der Waals surface area contributed by atoms with Crippen molar-refractivity contribution in [3.63, 3.8) is 0 Å². The lowest BCUT2D eigenvalue weighted by molar-refractivity contribution is 0.167. The summed E-state index contributed by atoms with van der Waals surface area (Å²) in [6.07, 6.45) is 0.509. The van der Waals surface area contributed by atoms with E-state index in [1.54, 1.807) is 6.92 Å². The molecular formula is C9H21NO2. The maximum atomic E-state index is 9.06. The molecule has 3 unspecified atom stereocenters. The third kappa shape index (κ3) is 6.58. The minimum absolute atomic E-state index is 0.217. The molecule has 0 aliphatic carbocycles. The second-order valence-corrected chi connectivity index (χ2v) is 3.68. The van der Waals surface area contributed by atoms with Crippen LogP contribution >= 0.6 is 0 Å². The summed E-state index contributed by atoms with van der Waals surface area (Å²) in [5, 5.41) is 21.0. The Morgan fingerprint density at radius 3 is 2.25 bits per heavy atom. The van der Waals surface area contributed by atoms with Crippen LogP contribution in [0.5, 0.6) is 0 Å². The van der Waals surface area contributed by atoms with Crippen molar-refractivity contribution in [3.8, 4) is 0 Å². The van der Waals surface area contributed by atoms with Crippen LogP contribution in [0.2, 0.25) is 0 Å². The molecule has 0 bridgehead atoms. The number of aliphatic hydroxyl groups is 2. The highest BCUT2D eigenvalue weighted by Crippen LogP contribution is 1.98. The summed E-state index contributed by atoms with van der Waals surface area (Å²) in [7, 11) is 0. The normalized spacial score (nSPS) is 18.8. The molecule has 0 saturated heterocycles. The van der Waals surface area contributed by atoms with Crippen LogP contribution in [0.1, 0.15) is 27.2 Å². The molecule has 0 aliphatic rings. The van der Waals surface area contributed by atoms with Crippen molar-refractivity contribution in [2.75, 3.05) is 13.2 Å². The molecule has 0 saturated carbocycles. The molecule has 0 heterocycles. The van der Waals surface area contributed by atoms with Crippen LogP contribution in [0.3, 0.4) is 0 Å². The number of aliphatic hydroxyl groups excluding tert-OH is 2. The molecule has 0 fully saturated rings. The molecule has 0 aromatic heterocycles. The average molecular weight is 175 g/mol. The van der Waals surface area contributed by atoms with E-state index in [1.807, 2.05) is 13.8 Å². The Bertz CT molecular complexity index is 107. The summed E-state index contributed by atoms with van der Waals surface area (Å²) in [5.74, 6) is 0.293. The van der Waals surface area contributed by atoms with E-state index in [4.69, 9.17) is 10.2 Å². The fourth-order valence-corrected chi connectivity index (χ4v) is 1.06. The zero-order valence-corrected chi connectivity index (χ0v) is 8.25. The average Bonchev–Trinajstić information content (AvgIpc) is 1.99. The van der Waals surface area contributed by atoms with Crippen LogP contribution in [0.15, 0.2) is 0 Å². The Hall–Kier alpha value is -0.120. The van der Waals surface area contributed by atoms with Crippen molar-refractivity contribution in [1.82, 2.24) is 5.32 Å². The molecule has 0 spiro atoms. The predicted molar refractivity (Wildman–Crippen MR) is 50.0 cm³/mol. The van der Waals surface area contributed by atoms with E-state index in [-0.39, 0.29) is 12.7 Å². The van der Waals surface area contributed by atoms with Crippen molar-refractivity contribution in [3.05, 3.63) is 0 Å². The molecular weight excluding hydrogens is 154 g/mol. The first-order chi connectivity index (χ1) is 5.56. The lowest BCUT2D eigenvalue weighted by Gasteiger charge is -2.17. The molecule has 3 N–H and O–H groups in total. The third-order valence-corrected chi connectivity index (χ3v) is 1.82. The molecule has 74 valence electrons. The molecule has 0 rings (SSSR count). The summed E-state index contributed by atoms with van der Waals surface area (Å²) in [5.41, 5.74) is 0. The van der Waals surface area contributed by atoms with Gasteiger partial charge in [0.2, 0.25) is 0 Å². The van der Waals surface area contributed by atoms with Gasteiger partial charge in [0.1, 0.15) is 0 Å². The highest BCUT2D eigenvalue weighted by atomic mass is 16.3. The summed E-state index contributed by atoms with van der Waals surface area (Å²) >= 11 is 0. The maximum absolute atomic E-state index is 9.06. The summed E-state index contributed by atoms with van der Waals surface area (Å²) in [4.78, 5) is 0. The second-order valence-electron chi connectivity index (χ2n) is 3.68. The van der Waals surface area contributed by atoms with Crippen molar-refractivity contribution in [2.24, 2.45) is 5.92 Å². The molecule has 0 aliphatic heterocycles. The zero-order chi connectivity index (χ0) is 9.56. The topological polar surface area (TPSA) is 52.5 Å². The monoisotopic (exact) mass is 175 g/mol. The molecule has 3 nitrogen and oxygen atoms in total. The Morgan fingerprint density at radius 1 is 1.25 bits per heavy atom. The van der Waals surface area contributed by atoms with E-state index < -0.39 is 0 Å². The number of hydrogen-bond donors (Lipinski definition) is 3. The minimum atomic E-state index is -0.253. The summed E-state index contributed by atoms with van der Waals surface area (Å²) < 4.78 is 0. The van der Waals surface area contributed by atoms with Gasteiger partial charge in [-0.3, -0.25) is 0 Å². The molecule has 3 heteroatoms. The van der Waals surface area contributed by atoms with Gasteiger partial charge in [0.25, 0.3) is 0 Å². The van der Waals surface area contributed by atoms with Crippen LogP contribution in [0.4, 0.5) is 0 Å². The van der Waals surface area contributed by atoms with Gasteiger partial charge in [-0.2, -0.15) is 0 Å². The van der Waals surface area contributed by atoms with Gasteiger partial charge in [0, 0.05) is 19.2 Å². The van der Waals surface area contributed by atoms with Crippen LogP contribution in [-0.2, 0) is 0 Å². The Kier molecular flexibility index (Phi) is 6.34. The van der Waals surface area contributed by atoms with Gasteiger partial charge in [0.05, 0.1) is 6.10 Å². The van der Waals surface area contributed by atoms with Gasteiger partial charge in [0.15, 0.2) is 0 Å². The Morgan fingerprint density at radius 2 is 1.83 bits per heavy atom. The highest BCUT2D eigenvalue weighted by Gasteiger charge is 2.06. The quantitative estimate of drug-likeness (QED) is 0.546. The molecule has 3 atom stereocenters. The van der Waals surface area contributed by atoms with Crippen LogP contribution < -0.4 is 5.32 Å². The maximum Gasteiger partial charge on any atom is 0.0526 e. The zero-order valence-electron chi connectivity index (χ0n) is 8.25. The second kappa shape index (κ2) is 6.40. The van der Waals surface area contributed by atoms with Crippen LogP contribution in [0, 0.1) is 5.92 Å². The number of nitrogens with one attached hydrogen (secondary N) is 1. The first kappa shape index (κ1) is 11.9. The molecule has 0 aromatic rings. The first-order valence-corrected chi connectivity index (χ1v) is 4.58. The summed E-state index contributed by atoms with van der Waals surface area (Å²) in [6, 6.07) is 0.319. The van der Waals surface area contributed by atoms with E-state index in [0.717, 1.165) is 13.0 Å². The van der Waals surface area contributed by atoms with Gasteiger partial charge in [-0.05, 0) is 26.2 Å². The van der Waals surface area contributed by atoms with Gasteiger partial charge < -0.3 is 15.5 Å². The van der Waals surface area contributed by atoms with Crippen molar-refractivity contribution < 1.29 is 10.2 Å². The van der Waals surface area contributed by atoms with Gasteiger partial charge in [-0.25, -0.2) is 0 Å². The predicted octanol–water partition coefficient (Wildman–Crippen LogP) is 0.364. The molecule has 0 radical (unpaired) electrons. The van der Waals surface area contributed by atoms with Crippen molar-refractivity contribution in [1.29, 1.82) is 0 Å². The van der Waals surface area contributed by atoms with E-state index in [1.165, 1.54) is 0 Å². The Labute approximate surface area is 74.8 Å². The molecule has 12 heavy (non-hydrogen) atoms. The van der Waals surface area contributed by atoms with E-state index in [0.29, 0.717) is 12.0 Å². The molecule has 0 amide bonds. The highest BCUT2D eigenvalue weighted by molar-refractivity contribution is 4.65. The smallest absolute Gasteiger partial charge is 0.0526 e. The third-order valence-electron chi connectivity index (χ3n) is 1.82. The SMILES string of the molecule is CC(O)CC(C)NCC(C)CO. The Balaban J connectivity index is 3.36. The van der Waals surface area contributed by atoms with Crippen molar-refractivity contribution in [2.45, 2.75) is 39.3 Å². The lowest BCUT2D eigenvalue weighted by Crippen LogP contribution is -2.33. The number of hydrogen-bond acceptors (Lipinski definition) is 3. The minimum Gasteiger partial charge on any atom is -0.396 e. The fourth-order valence-electron chi connectivity index (χ4n) is 1.06. The standard InChI is InChI=1S/C9H21NO2/c1-7(6-11)5-10-8(2)4-9(3)12/h7-12H,4-6H2,1-3H3. The largest absolute Gasteiger partial charge is 0.396 e. The van der Waals surface area contributed by atoms with Crippen LogP contribution in [-0.4, -0.2) is 35.5 Å². The van der Waals surface area contributed by atoms with Crippen LogP contribution in [0.25, 0.3) is 0 Å². The van der Waals surface area contributed by atoms with Crippen molar-refractivity contribution >= 4 is 0 Å². The fraction of sp³-hybridized carbons (Fsp3) is 1.00. The molecule has 0 aromatic carbocycles. The van der Waals surface area contributed by atoms with Gasteiger partial charge >= 0.3 is 0 Å². The number of rotatable bonds is 6. The summed E-state index contributed by atoms with van der Waals surface area (Å²) in [6.45, 7) is 6.84. The van der Waals surface area contributed by atoms with Gasteiger partial charge in [-0.15, -0.1) is 0 Å². The lowest BCUT2D eigenvalue weighted by atomic mass is 10.1. The van der Waals surface area contributed by atoms with E-state index >= 15 is 0 Å². The van der Waals surface area contributed by atoms with Gasteiger partial charge in [-0.1, -0.05) is 6.92 Å². The van der Waals surface area contributed by atoms with E-state index in [2.05, 4.69) is 5.32 Å².